The van der Waals surface area contributed by atoms with Crippen LogP contribution in [0.3, 0.4) is 0 Å². The molecule has 3 N–H and O–H groups in total. The van der Waals surface area contributed by atoms with E-state index in [0.29, 0.717) is 16.9 Å². The Labute approximate surface area is 104 Å². The molecule has 5 heteroatoms. The lowest BCUT2D eigenvalue weighted by molar-refractivity contribution is -0.114. The van der Waals surface area contributed by atoms with Crippen molar-refractivity contribution in [3.05, 3.63) is 48.3 Å². The van der Waals surface area contributed by atoms with Crippen molar-refractivity contribution in [2.45, 2.75) is 6.92 Å². The number of benzene rings is 1. The summed E-state index contributed by atoms with van der Waals surface area (Å²) >= 11 is 0. The van der Waals surface area contributed by atoms with E-state index >= 15 is 0 Å². The van der Waals surface area contributed by atoms with Gasteiger partial charge in [0.05, 0.1) is 5.56 Å². The van der Waals surface area contributed by atoms with E-state index in [4.69, 9.17) is 0 Å². The molecule has 0 aliphatic rings. The van der Waals surface area contributed by atoms with Crippen LogP contribution in [0.2, 0.25) is 0 Å². The fourth-order valence-corrected chi connectivity index (χ4v) is 1.51. The molecule has 0 radical (unpaired) electrons. The van der Waals surface area contributed by atoms with Gasteiger partial charge >= 0.3 is 0 Å². The van der Waals surface area contributed by atoms with Gasteiger partial charge in [-0.15, -0.1) is 0 Å². The zero-order chi connectivity index (χ0) is 13.0. The highest BCUT2D eigenvalue weighted by atomic mass is 16.2. The number of hydrogen-bond acceptors (Lipinski definition) is 2. The van der Waals surface area contributed by atoms with Crippen LogP contribution in [0.5, 0.6) is 0 Å². The van der Waals surface area contributed by atoms with Crippen LogP contribution in [0, 0.1) is 0 Å². The summed E-state index contributed by atoms with van der Waals surface area (Å²) in [6.07, 6.45) is 3.32. The summed E-state index contributed by atoms with van der Waals surface area (Å²) in [6, 6.07) is 8.62. The summed E-state index contributed by atoms with van der Waals surface area (Å²) in [4.78, 5) is 25.4. The van der Waals surface area contributed by atoms with Gasteiger partial charge in [0.25, 0.3) is 5.91 Å². The van der Waals surface area contributed by atoms with E-state index in [0.717, 1.165) is 0 Å². The van der Waals surface area contributed by atoms with Crippen LogP contribution in [0.15, 0.2) is 42.7 Å². The van der Waals surface area contributed by atoms with Gasteiger partial charge in [0.1, 0.15) is 0 Å². The molecule has 5 nitrogen and oxygen atoms in total. The van der Waals surface area contributed by atoms with Crippen molar-refractivity contribution in [1.29, 1.82) is 0 Å². The maximum absolute atomic E-state index is 11.7. The molecule has 1 aromatic heterocycles. The van der Waals surface area contributed by atoms with Gasteiger partial charge in [-0.3, -0.25) is 9.59 Å². The van der Waals surface area contributed by atoms with Gasteiger partial charge in [0.15, 0.2) is 0 Å². The molecule has 0 spiro atoms. The fraction of sp³-hybridized carbons (Fsp3) is 0.0769. The molecule has 0 bridgehead atoms. The second-order valence-corrected chi connectivity index (χ2v) is 3.81. The molecule has 1 heterocycles. The first-order valence-corrected chi connectivity index (χ1v) is 5.47. The molecule has 0 aliphatic heterocycles. The number of aromatic nitrogens is 1. The summed E-state index contributed by atoms with van der Waals surface area (Å²) in [6.45, 7) is 1.45. The molecule has 0 saturated heterocycles. The first kappa shape index (κ1) is 11.9. The summed E-state index contributed by atoms with van der Waals surface area (Å²) in [5, 5.41) is 5.41. The van der Waals surface area contributed by atoms with Gasteiger partial charge in [-0.2, -0.15) is 0 Å². The lowest BCUT2D eigenvalue weighted by atomic mass is 10.2. The van der Waals surface area contributed by atoms with Crippen molar-refractivity contribution in [2.75, 3.05) is 10.6 Å². The van der Waals surface area contributed by atoms with Crippen molar-refractivity contribution in [3.8, 4) is 0 Å². The van der Waals surface area contributed by atoms with E-state index < -0.39 is 0 Å². The Hall–Kier alpha value is -2.56. The van der Waals surface area contributed by atoms with E-state index in [1.165, 1.54) is 6.92 Å². The maximum Gasteiger partial charge on any atom is 0.257 e. The SMILES string of the molecule is CC(=O)Nc1ccc(NC(=O)c2cc[nH]c2)cc1. The van der Waals surface area contributed by atoms with Gasteiger partial charge in [-0.25, -0.2) is 0 Å². The van der Waals surface area contributed by atoms with Gasteiger partial charge in [-0.05, 0) is 30.3 Å². The first-order valence-electron chi connectivity index (χ1n) is 5.47. The summed E-state index contributed by atoms with van der Waals surface area (Å²) < 4.78 is 0. The number of H-pyrrole nitrogens is 1. The minimum Gasteiger partial charge on any atom is -0.367 e. The average Bonchev–Trinajstić information content (AvgIpc) is 2.84. The smallest absolute Gasteiger partial charge is 0.257 e. The Morgan fingerprint density at radius 3 is 2.11 bits per heavy atom. The maximum atomic E-state index is 11.7. The highest BCUT2D eigenvalue weighted by molar-refractivity contribution is 6.04. The van der Waals surface area contributed by atoms with E-state index in [2.05, 4.69) is 15.6 Å². The van der Waals surface area contributed by atoms with Crippen molar-refractivity contribution in [3.63, 3.8) is 0 Å². The molecule has 0 atom stereocenters. The van der Waals surface area contributed by atoms with Crippen LogP contribution < -0.4 is 10.6 Å². The quantitative estimate of drug-likeness (QED) is 0.773. The molecule has 18 heavy (non-hydrogen) atoms. The zero-order valence-corrected chi connectivity index (χ0v) is 9.86. The van der Waals surface area contributed by atoms with Gasteiger partial charge in [-0.1, -0.05) is 0 Å². The molecule has 0 fully saturated rings. The lowest BCUT2D eigenvalue weighted by Crippen LogP contribution is -2.11. The number of nitrogens with one attached hydrogen (secondary N) is 3. The standard InChI is InChI=1S/C13H13N3O2/c1-9(17)15-11-2-4-12(5-3-11)16-13(18)10-6-7-14-8-10/h2-8,14H,1H3,(H,15,17)(H,16,18). The number of aromatic amines is 1. The second-order valence-electron chi connectivity index (χ2n) is 3.81. The average molecular weight is 243 g/mol. The van der Waals surface area contributed by atoms with Crippen LogP contribution in [0.4, 0.5) is 11.4 Å². The highest BCUT2D eigenvalue weighted by Gasteiger charge is 2.05. The molecular formula is C13H13N3O2. The zero-order valence-electron chi connectivity index (χ0n) is 9.86. The number of amides is 2. The number of carbonyl (C=O) groups excluding carboxylic acids is 2. The van der Waals surface area contributed by atoms with E-state index in [1.807, 2.05) is 0 Å². The fourth-order valence-electron chi connectivity index (χ4n) is 1.51. The minimum atomic E-state index is -0.177. The molecule has 92 valence electrons. The van der Waals surface area contributed by atoms with E-state index in [9.17, 15) is 9.59 Å². The van der Waals surface area contributed by atoms with E-state index in [1.54, 1.807) is 42.7 Å². The number of carbonyl (C=O) groups is 2. The Kier molecular flexibility index (Phi) is 3.43. The lowest BCUT2D eigenvalue weighted by Gasteiger charge is -2.05. The van der Waals surface area contributed by atoms with Crippen LogP contribution in [-0.2, 0) is 4.79 Å². The highest BCUT2D eigenvalue weighted by Crippen LogP contribution is 2.14. The van der Waals surface area contributed by atoms with Crippen molar-refractivity contribution < 1.29 is 9.59 Å². The first-order chi connectivity index (χ1) is 8.65. The van der Waals surface area contributed by atoms with Crippen LogP contribution in [0.1, 0.15) is 17.3 Å². The Bertz CT molecular complexity index is 544. The second kappa shape index (κ2) is 5.18. The topological polar surface area (TPSA) is 74.0 Å². The number of anilines is 2. The molecule has 2 aromatic rings. The minimum absolute atomic E-state index is 0.126. The predicted octanol–water partition coefficient (Wildman–Crippen LogP) is 2.23. The Balaban J connectivity index is 2.02. The molecule has 2 amide bonds. The summed E-state index contributed by atoms with van der Waals surface area (Å²) in [7, 11) is 0. The Morgan fingerprint density at radius 2 is 1.61 bits per heavy atom. The largest absolute Gasteiger partial charge is 0.367 e. The monoisotopic (exact) mass is 243 g/mol. The third-order valence-corrected chi connectivity index (χ3v) is 2.32. The van der Waals surface area contributed by atoms with Crippen LogP contribution >= 0.6 is 0 Å². The third-order valence-electron chi connectivity index (χ3n) is 2.32. The van der Waals surface area contributed by atoms with Gasteiger partial charge in [0.2, 0.25) is 5.91 Å². The molecule has 0 saturated carbocycles. The molecular weight excluding hydrogens is 230 g/mol. The normalized spacial score (nSPS) is 9.83. The van der Waals surface area contributed by atoms with E-state index in [-0.39, 0.29) is 11.8 Å². The molecule has 1 aromatic carbocycles. The van der Waals surface area contributed by atoms with Gasteiger partial charge in [0, 0.05) is 30.7 Å². The van der Waals surface area contributed by atoms with Crippen molar-refractivity contribution >= 4 is 23.2 Å². The molecule has 0 unspecified atom stereocenters. The summed E-state index contributed by atoms with van der Waals surface area (Å²) in [5.74, 6) is -0.303. The van der Waals surface area contributed by atoms with Crippen LogP contribution in [0.25, 0.3) is 0 Å². The number of hydrogen-bond donors (Lipinski definition) is 3. The molecule has 2 rings (SSSR count). The predicted molar refractivity (Wildman–Crippen MR) is 69.5 cm³/mol. The summed E-state index contributed by atoms with van der Waals surface area (Å²) in [5.41, 5.74) is 1.94. The Morgan fingerprint density at radius 1 is 1.00 bits per heavy atom. The van der Waals surface area contributed by atoms with Gasteiger partial charge < -0.3 is 15.6 Å². The number of rotatable bonds is 3. The van der Waals surface area contributed by atoms with Crippen LogP contribution in [-0.4, -0.2) is 16.8 Å². The molecule has 0 aliphatic carbocycles. The third kappa shape index (κ3) is 2.98. The van der Waals surface area contributed by atoms with Crippen molar-refractivity contribution in [1.82, 2.24) is 4.98 Å². The van der Waals surface area contributed by atoms with Crippen molar-refractivity contribution in [2.24, 2.45) is 0 Å².